The van der Waals surface area contributed by atoms with Crippen molar-refractivity contribution >= 4 is 23.6 Å². The van der Waals surface area contributed by atoms with Gasteiger partial charge >= 0.3 is 11.9 Å². The molecule has 0 aromatic heterocycles. The molecule has 1 aromatic rings. The molecule has 1 unspecified atom stereocenters. The highest BCUT2D eigenvalue weighted by molar-refractivity contribution is 6.00. The fraction of sp³-hybridized carbons (Fsp3) is 0.727. The number of ether oxygens (including phenoxy) is 1. The Balaban J connectivity index is 1.33. The summed E-state index contributed by atoms with van der Waals surface area (Å²) in [6, 6.07) is 10.1. The quantitative estimate of drug-likeness (QED) is 0.215. The summed E-state index contributed by atoms with van der Waals surface area (Å²) >= 11 is 0. The summed E-state index contributed by atoms with van der Waals surface area (Å²) in [4.78, 5) is 55.5. The number of benzene rings is 1. The van der Waals surface area contributed by atoms with Crippen molar-refractivity contribution in [3.05, 3.63) is 47.0 Å². The number of hydrogen-bond donors (Lipinski definition) is 1. The molecule has 4 saturated carbocycles. The number of carboxylic acid groups (broad SMARTS) is 1. The number of carbonyl (C=O) groups excluding carboxylic acids is 3. The van der Waals surface area contributed by atoms with Gasteiger partial charge in [0.2, 0.25) is 5.91 Å². The Morgan fingerprint density at radius 3 is 2.24 bits per heavy atom. The Bertz CT molecular complexity index is 1620. The molecular formula is C44H63NO6. The van der Waals surface area contributed by atoms with Gasteiger partial charge in [0, 0.05) is 31.3 Å². The number of amides is 1. The van der Waals surface area contributed by atoms with Crippen LogP contribution in [0.3, 0.4) is 0 Å². The van der Waals surface area contributed by atoms with Gasteiger partial charge in [-0.2, -0.15) is 0 Å². The average Bonchev–Trinajstić information content (AvgIpc) is 3.35. The number of Topliss-reactive ketones (excluding diaryl/α,β-unsaturated/α-hetero) is 1. The van der Waals surface area contributed by atoms with Gasteiger partial charge in [0.1, 0.15) is 11.9 Å². The molecular weight excluding hydrogens is 638 g/mol. The van der Waals surface area contributed by atoms with E-state index in [4.69, 9.17) is 4.74 Å². The standard InChI is InChI=1S/C44H63NO6/c1-27(2)35-30(46)24-44(37(48)45(10)26-28-14-12-11-13-15-28)23-22-42(8)29(36(35)44)16-17-32-41(7)20-19-33(51-34(47)25-39(3,4)38(49)50)40(5,6)31(41)18-21-43(32,42)9/h11-15,27,31-33,35H,16-26H2,1-10H3,(H,49,50)/t31-,32+,33-,35?,41-,42+,43+,44+/m0/s1. The van der Waals surface area contributed by atoms with Crippen molar-refractivity contribution in [2.45, 2.75) is 139 Å². The third kappa shape index (κ3) is 5.64. The Labute approximate surface area is 306 Å². The van der Waals surface area contributed by atoms with Crippen LogP contribution in [0.25, 0.3) is 0 Å². The molecule has 0 heterocycles. The van der Waals surface area contributed by atoms with E-state index in [1.165, 1.54) is 11.1 Å². The fourth-order valence-corrected chi connectivity index (χ4v) is 12.9. The molecule has 280 valence electrons. The lowest BCUT2D eigenvalue weighted by atomic mass is 9.34. The highest BCUT2D eigenvalue weighted by Crippen LogP contribution is 2.76. The van der Waals surface area contributed by atoms with Crippen LogP contribution in [0.1, 0.15) is 132 Å². The number of allylic oxidation sites excluding steroid dienone is 1. The summed E-state index contributed by atoms with van der Waals surface area (Å²) in [6.07, 6.45) is 7.32. The number of aliphatic carboxylic acids is 1. The summed E-state index contributed by atoms with van der Waals surface area (Å²) in [5.74, 6) is -0.338. The van der Waals surface area contributed by atoms with Crippen molar-refractivity contribution in [2.75, 3.05) is 7.05 Å². The molecule has 6 rings (SSSR count). The molecule has 0 saturated heterocycles. The van der Waals surface area contributed by atoms with Crippen molar-refractivity contribution in [2.24, 2.45) is 56.2 Å². The van der Waals surface area contributed by atoms with Crippen LogP contribution in [-0.4, -0.2) is 46.8 Å². The van der Waals surface area contributed by atoms with Gasteiger partial charge in [-0.1, -0.05) is 84.4 Å². The zero-order chi connectivity index (χ0) is 37.5. The van der Waals surface area contributed by atoms with Crippen LogP contribution in [0.5, 0.6) is 0 Å². The minimum atomic E-state index is -1.17. The maximum atomic E-state index is 14.8. The van der Waals surface area contributed by atoms with Gasteiger partial charge in [0.25, 0.3) is 0 Å². The van der Waals surface area contributed by atoms with Gasteiger partial charge < -0.3 is 14.7 Å². The van der Waals surface area contributed by atoms with E-state index >= 15 is 0 Å². The van der Waals surface area contributed by atoms with Crippen LogP contribution in [0, 0.1) is 56.2 Å². The first-order valence-electron chi connectivity index (χ1n) is 19.6. The van der Waals surface area contributed by atoms with Gasteiger partial charge in [-0.3, -0.25) is 19.2 Å². The van der Waals surface area contributed by atoms with Crippen LogP contribution < -0.4 is 0 Å². The van der Waals surface area contributed by atoms with Gasteiger partial charge in [0.05, 0.1) is 17.3 Å². The number of hydrogen-bond acceptors (Lipinski definition) is 5. The SMILES string of the molecule is CC(C)C1C(=O)C[C@]2(C(=O)N(C)Cc3ccccc3)CC[C@]3(C)C(=C12)CC[C@@H]1[C@@]2(C)CC[C@H](OC(=O)CC(C)(C)C(=O)O)C(C)(C)[C@@H]2CC[C@]13C. The zero-order valence-corrected chi connectivity index (χ0v) is 33.0. The molecule has 7 heteroatoms. The lowest BCUT2D eigenvalue weighted by Crippen LogP contribution is -2.64. The molecule has 5 aliphatic carbocycles. The highest BCUT2D eigenvalue weighted by Gasteiger charge is 2.70. The number of carbonyl (C=O) groups is 4. The average molecular weight is 702 g/mol. The van der Waals surface area contributed by atoms with Crippen molar-refractivity contribution in [3.8, 4) is 0 Å². The fourth-order valence-electron chi connectivity index (χ4n) is 12.9. The van der Waals surface area contributed by atoms with Crippen LogP contribution in [0.4, 0.5) is 0 Å². The third-order valence-electron chi connectivity index (χ3n) is 15.7. The molecule has 8 atom stereocenters. The van der Waals surface area contributed by atoms with Crippen LogP contribution in [-0.2, 0) is 30.5 Å². The second-order valence-electron chi connectivity index (χ2n) is 19.6. The normalized spacial score (nSPS) is 37.2. The predicted octanol–water partition coefficient (Wildman–Crippen LogP) is 9.04. The summed E-state index contributed by atoms with van der Waals surface area (Å²) in [5.41, 5.74) is 1.46. The third-order valence-corrected chi connectivity index (χ3v) is 15.7. The van der Waals surface area contributed by atoms with Crippen LogP contribution in [0.2, 0.25) is 0 Å². The first kappa shape index (κ1) is 37.8. The lowest BCUT2D eigenvalue weighted by molar-refractivity contribution is -0.214. The molecule has 4 fully saturated rings. The van der Waals surface area contributed by atoms with E-state index in [-0.39, 0.29) is 57.7 Å². The number of nitrogens with zero attached hydrogens (tertiary/aromatic N) is 1. The lowest BCUT2D eigenvalue weighted by Gasteiger charge is -2.70. The van der Waals surface area contributed by atoms with Gasteiger partial charge in [-0.25, -0.2) is 0 Å². The summed E-state index contributed by atoms with van der Waals surface area (Å²) in [6.45, 7) is 20.0. The summed E-state index contributed by atoms with van der Waals surface area (Å²) < 4.78 is 6.16. The van der Waals surface area contributed by atoms with Crippen molar-refractivity contribution in [1.82, 2.24) is 4.90 Å². The van der Waals surface area contributed by atoms with Gasteiger partial charge in [0.15, 0.2) is 0 Å². The number of ketones is 1. The molecule has 7 nitrogen and oxygen atoms in total. The monoisotopic (exact) mass is 701 g/mol. The largest absolute Gasteiger partial charge is 0.481 e. The number of fused-ring (bicyclic) bond motifs is 6. The Morgan fingerprint density at radius 2 is 1.61 bits per heavy atom. The molecule has 0 spiro atoms. The molecule has 0 radical (unpaired) electrons. The maximum Gasteiger partial charge on any atom is 0.309 e. The Hall–Kier alpha value is -2.96. The molecule has 1 amide bonds. The minimum Gasteiger partial charge on any atom is -0.481 e. The smallest absolute Gasteiger partial charge is 0.309 e. The first-order chi connectivity index (χ1) is 23.7. The molecule has 51 heavy (non-hydrogen) atoms. The predicted molar refractivity (Wildman–Crippen MR) is 198 cm³/mol. The van der Waals surface area contributed by atoms with E-state index in [2.05, 4.69) is 60.6 Å². The second kappa shape index (κ2) is 12.6. The summed E-state index contributed by atoms with van der Waals surface area (Å²) in [5, 5.41) is 9.60. The van der Waals surface area contributed by atoms with E-state index in [9.17, 15) is 24.3 Å². The Kier molecular flexibility index (Phi) is 9.32. The topological polar surface area (TPSA) is 101 Å². The number of carboxylic acids is 1. The van der Waals surface area contributed by atoms with E-state index < -0.39 is 22.8 Å². The first-order valence-corrected chi connectivity index (χ1v) is 19.6. The molecule has 0 aliphatic heterocycles. The van der Waals surface area contributed by atoms with Crippen molar-refractivity contribution < 1.29 is 29.0 Å². The van der Waals surface area contributed by atoms with Crippen molar-refractivity contribution in [3.63, 3.8) is 0 Å². The van der Waals surface area contributed by atoms with Crippen LogP contribution >= 0.6 is 0 Å². The van der Waals surface area contributed by atoms with Crippen LogP contribution in [0.15, 0.2) is 41.5 Å². The van der Waals surface area contributed by atoms with Crippen molar-refractivity contribution in [1.29, 1.82) is 0 Å². The van der Waals surface area contributed by atoms with E-state index in [0.29, 0.717) is 31.2 Å². The van der Waals surface area contributed by atoms with E-state index in [1.807, 2.05) is 30.1 Å². The number of rotatable bonds is 8. The molecule has 5 aliphatic rings. The second-order valence-corrected chi connectivity index (χ2v) is 19.6. The van der Waals surface area contributed by atoms with E-state index in [0.717, 1.165) is 50.5 Å². The minimum absolute atomic E-state index is 0.00224. The number of esters is 1. The maximum absolute atomic E-state index is 14.8. The summed E-state index contributed by atoms with van der Waals surface area (Å²) in [7, 11) is 1.91. The van der Waals surface area contributed by atoms with Gasteiger partial charge in [-0.15, -0.1) is 0 Å². The highest BCUT2D eigenvalue weighted by atomic mass is 16.5. The Morgan fingerprint density at radius 1 is 0.941 bits per heavy atom. The molecule has 1 aromatic carbocycles. The van der Waals surface area contributed by atoms with E-state index in [1.54, 1.807) is 13.8 Å². The zero-order valence-electron chi connectivity index (χ0n) is 33.0. The molecule has 1 N–H and O–H groups in total. The van der Waals surface area contributed by atoms with Gasteiger partial charge in [-0.05, 0) is 110 Å². The molecule has 0 bridgehead atoms.